The van der Waals surface area contributed by atoms with E-state index in [1.165, 1.54) is 12.0 Å². The van der Waals surface area contributed by atoms with Crippen molar-refractivity contribution in [3.63, 3.8) is 0 Å². The highest BCUT2D eigenvalue weighted by atomic mass is 35.5. The summed E-state index contributed by atoms with van der Waals surface area (Å²) in [6.45, 7) is 4.27. The summed E-state index contributed by atoms with van der Waals surface area (Å²) in [4.78, 5) is 6.64. The van der Waals surface area contributed by atoms with Gasteiger partial charge in [0.1, 0.15) is 11.0 Å². The number of halogens is 1. The fourth-order valence-corrected chi connectivity index (χ4v) is 1.94. The molecule has 0 fully saturated rings. The first-order chi connectivity index (χ1) is 6.31. The molecule has 0 aromatic carbocycles. The summed E-state index contributed by atoms with van der Waals surface area (Å²) >= 11 is 5.86. The number of hydrogen-bond donors (Lipinski definition) is 0. The van der Waals surface area contributed by atoms with Gasteiger partial charge in [-0.25, -0.2) is 4.98 Å². The van der Waals surface area contributed by atoms with Gasteiger partial charge in [-0.15, -0.1) is 0 Å². The van der Waals surface area contributed by atoms with Gasteiger partial charge in [-0.05, 0) is 31.4 Å². The van der Waals surface area contributed by atoms with Crippen LogP contribution in [0, 0.1) is 0 Å². The molecule has 0 bridgehead atoms. The monoisotopic (exact) mass is 196 g/mol. The highest BCUT2D eigenvalue weighted by Gasteiger charge is 2.16. The van der Waals surface area contributed by atoms with E-state index in [1.807, 2.05) is 6.07 Å². The average molecular weight is 197 g/mol. The zero-order chi connectivity index (χ0) is 9.26. The van der Waals surface area contributed by atoms with E-state index in [0.29, 0.717) is 5.15 Å². The molecule has 1 aliphatic heterocycles. The summed E-state index contributed by atoms with van der Waals surface area (Å²) in [5, 5.41) is 0.596. The molecule has 13 heavy (non-hydrogen) atoms. The number of anilines is 1. The van der Waals surface area contributed by atoms with Gasteiger partial charge in [0.05, 0.1) is 0 Å². The first-order valence-corrected chi connectivity index (χ1v) is 5.09. The summed E-state index contributed by atoms with van der Waals surface area (Å²) < 4.78 is 0. The fraction of sp³-hybridized carbons (Fsp3) is 0.500. The Morgan fingerprint density at radius 2 is 2.38 bits per heavy atom. The average Bonchev–Trinajstić information content (AvgIpc) is 2.17. The molecule has 0 saturated heterocycles. The number of nitrogens with zero attached hydrogens (tertiary/aromatic N) is 2. The number of fused-ring (bicyclic) bond motifs is 1. The summed E-state index contributed by atoms with van der Waals surface area (Å²) in [6, 6.07) is 3.96. The van der Waals surface area contributed by atoms with Crippen molar-refractivity contribution in [2.24, 2.45) is 0 Å². The zero-order valence-corrected chi connectivity index (χ0v) is 8.51. The molecule has 0 saturated carbocycles. The van der Waals surface area contributed by atoms with Gasteiger partial charge < -0.3 is 4.90 Å². The molecule has 2 heterocycles. The molecular formula is C10H13ClN2. The third kappa shape index (κ3) is 1.63. The van der Waals surface area contributed by atoms with Gasteiger partial charge in [0.15, 0.2) is 0 Å². The molecule has 3 heteroatoms. The maximum atomic E-state index is 5.86. The third-order valence-electron chi connectivity index (χ3n) is 2.48. The molecule has 0 radical (unpaired) electrons. The van der Waals surface area contributed by atoms with Crippen molar-refractivity contribution < 1.29 is 0 Å². The number of aromatic nitrogens is 1. The van der Waals surface area contributed by atoms with Crippen LogP contribution in [0.5, 0.6) is 0 Å². The van der Waals surface area contributed by atoms with Gasteiger partial charge in [-0.1, -0.05) is 17.7 Å². The lowest BCUT2D eigenvalue weighted by Crippen LogP contribution is -2.29. The molecule has 0 N–H and O–H groups in total. The van der Waals surface area contributed by atoms with E-state index in [0.717, 1.165) is 25.3 Å². The van der Waals surface area contributed by atoms with Crippen LogP contribution < -0.4 is 4.90 Å². The SMILES string of the molecule is CCN1CCCc2ccc(Cl)nc21. The number of aryl methyl sites for hydroxylation is 1. The van der Waals surface area contributed by atoms with Gasteiger partial charge >= 0.3 is 0 Å². The Kier molecular flexibility index (Phi) is 2.40. The largest absolute Gasteiger partial charge is 0.357 e. The molecule has 0 atom stereocenters. The van der Waals surface area contributed by atoms with Crippen LogP contribution in [0.4, 0.5) is 5.82 Å². The predicted octanol–water partition coefficient (Wildman–Crippen LogP) is 2.51. The van der Waals surface area contributed by atoms with Crippen LogP contribution in [0.2, 0.25) is 5.15 Å². The van der Waals surface area contributed by atoms with E-state index in [1.54, 1.807) is 0 Å². The molecule has 0 aliphatic carbocycles. The van der Waals surface area contributed by atoms with Crippen molar-refractivity contribution in [3.05, 3.63) is 22.8 Å². The maximum Gasteiger partial charge on any atom is 0.133 e. The summed E-state index contributed by atoms with van der Waals surface area (Å²) in [7, 11) is 0. The second-order valence-electron chi connectivity index (χ2n) is 3.30. The van der Waals surface area contributed by atoms with Crippen LogP contribution in [0.1, 0.15) is 18.9 Å². The number of pyridine rings is 1. The minimum Gasteiger partial charge on any atom is -0.357 e. The Hall–Kier alpha value is -0.760. The minimum absolute atomic E-state index is 0.596. The molecule has 0 amide bonds. The quantitative estimate of drug-likeness (QED) is 0.642. The topological polar surface area (TPSA) is 16.1 Å². The summed E-state index contributed by atoms with van der Waals surface area (Å²) in [5.41, 5.74) is 1.33. The van der Waals surface area contributed by atoms with Crippen LogP contribution in [-0.2, 0) is 6.42 Å². The second-order valence-corrected chi connectivity index (χ2v) is 3.69. The van der Waals surface area contributed by atoms with E-state index in [9.17, 15) is 0 Å². The lowest BCUT2D eigenvalue weighted by molar-refractivity contribution is 0.694. The first-order valence-electron chi connectivity index (χ1n) is 4.71. The second kappa shape index (κ2) is 3.54. The molecule has 70 valence electrons. The smallest absolute Gasteiger partial charge is 0.133 e. The molecule has 1 aromatic rings. The first kappa shape index (κ1) is 8.82. The molecule has 0 spiro atoms. The van der Waals surface area contributed by atoms with E-state index >= 15 is 0 Å². The van der Waals surface area contributed by atoms with Gasteiger partial charge in [-0.3, -0.25) is 0 Å². The zero-order valence-electron chi connectivity index (χ0n) is 7.76. The van der Waals surface area contributed by atoms with Crippen molar-refractivity contribution in [1.29, 1.82) is 0 Å². The van der Waals surface area contributed by atoms with E-state index in [-0.39, 0.29) is 0 Å². The standard InChI is InChI=1S/C10H13ClN2/c1-2-13-7-3-4-8-5-6-9(11)12-10(8)13/h5-6H,2-4,7H2,1H3. The summed E-state index contributed by atoms with van der Waals surface area (Å²) in [5.74, 6) is 1.08. The molecule has 0 unspecified atom stereocenters. The molecular weight excluding hydrogens is 184 g/mol. The van der Waals surface area contributed by atoms with Gasteiger partial charge in [0, 0.05) is 13.1 Å². The number of rotatable bonds is 1. The third-order valence-corrected chi connectivity index (χ3v) is 2.69. The van der Waals surface area contributed by atoms with E-state index in [4.69, 9.17) is 11.6 Å². The lowest BCUT2D eigenvalue weighted by Gasteiger charge is -2.28. The van der Waals surface area contributed by atoms with Gasteiger partial charge in [0.2, 0.25) is 0 Å². The Morgan fingerprint density at radius 1 is 1.54 bits per heavy atom. The van der Waals surface area contributed by atoms with Crippen molar-refractivity contribution in [2.75, 3.05) is 18.0 Å². The predicted molar refractivity (Wildman–Crippen MR) is 55.5 cm³/mol. The minimum atomic E-state index is 0.596. The van der Waals surface area contributed by atoms with Gasteiger partial charge in [-0.2, -0.15) is 0 Å². The van der Waals surface area contributed by atoms with Crippen LogP contribution in [0.25, 0.3) is 0 Å². The maximum absolute atomic E-state index is 5.86. The highest BCUT2D eigenvalue weighted by molar-refractivity contribution is 6.29. The molecule has 2 nitrogen and oxygen atoms in total. The van der Waals surface area contributed by atoms with E-state index < -0.39 is 0 Å². The van der Waals surface area contributed by atoms with Crippen LogP contribution in [0.3, 0.4) is 0 Å². The summed E-state index contributed by atoms with van der Waals surface area (Å²) in [6.07, 6.45) is 2.36. The van der Waals surface area contributed by atoms with Crippen molar-refractivity contribution in [3.8, 4) is 0 Å². The van der Waals surface area contributed by atoms with Crippen LogP contribution in [0.15, 0.2) is 12.1 Å². The van der Waals surface area contributed by atoms with Gasteiger partial charge in [0.25, 0.3) is 0 Å². The van der Waals surface area contributed by atoms with Crippen LogP contribution >= 0.6 is 11.6 Å². The molecule has 1 aromatic heterocycles. The fourth-order valence-electron chi connectivity index (χ4n) is 1.80. The molecule has 1 aliphatic rings. The Balaban J connectivity index is 2.41. The van der Waals surface area contributed by atoms with Crippen molar-refractivity contribution in [1.82, 2.24) is 4.98 Å². The number of hydrogen-bond acceptors (Lipinski definition) is 2. The van der Waals surface area contributed by atoms with Crippen molar-refractivity contribution >= 4 is 17.4 Å². The van der Waals surface area contributed by atoms with Crippen LogP contribution in [-0.4, -0.2) is 18.1 Å². The highest BCUT2D eigenvalue weighted by Crippen LogP contribution is 2.25. The Morgan fingerprint density at radius 3 is 3.15 bits per heavy atom. The van der Waals surface area contributed by atoms with E-state index in [2.05, 4.69) is 22.9 Å². The lowest BCUT2D eigenvalue weighted by atomic mass is 10.1. The molecule has 2 rings (SSSR count). The normalized spacial score (nSPS) is 15.7. The van der Waals surface area contributed by atoms with Crippen molar-refractivity contribution in [2.45, 2.75) is 19.8 Å². The Bertz CT molecular complexity index is 312. The Labute approximate surface area is 83.5 Å².